The first kappa shape index (κ1) is 24.5. The molecule has 3 rings (SSSR count). The van der Waals surface area contributed by atoms with Gasteiger partial charge >= 0.3 is 0 Å². The summed E-state index contributed by atoms with van der Waals surface area (Å²) in [5, 5.41) is 22.4. The smallest absolute Gasteiger partial charge is 0.269 e. The Morgan fingerprint density at radius 3 is 2.21 bits per heavy atom. The van der Waals surface area contributed by atoms with Gasteiger partial charge in [-0.15, -0.1) is 0 Å². The highest BCUT2D eigenvalue weighted by molar-refractivity contribution is 6.02. The lowest BCUT2D eigenvalue weighted by molar-refractivity contribution is -0.135. The quantitative estimate of drug-likeness (QED) is 0.246. The second kappa shape index (κ2) is 11.6. The number of aliphatic hydroxyl groups excluding tert-OH is 1. The summed E-state index contributed by atoms with van der Waals surface area (Å²) in [4.78, 5) is 30.6. The largest absolute Gasteiger partial charge is 0.391 e. The average Bonchev–Trinajstić information content (AvgIpc) is 2.86. The molecule has 172 valence electrons. The van der Waals surface area contributed by atoms with Crippen LogP contribution in [0.15, 0.2) is 73.1 Å². The van der Waals surface area contributed by atoms with Crippen LogP contribution >= 0.6 is 0 Å². The number of carbonyl (C=O) groups excluding carboxylic acids is 2. The Morgan fingerprint density at radius 1 is 1.06 bits per heavy atom. The Balaban J connectivity index is 1.86. The molecule has 0 unspecified atom stereocenters. The van der Waals surface area contributed by atoms with Crippen LogP contribution < -0.4 is 15.7 Å². The Labute approximate surface area is 198 Å². The molecular weight excluding hydrogens is 432 g/mol. The summed E-state index contributed by atoms with van der Waals surface area (Å²) < 4.78 is 0. The molecule has 0 aliphatic rings. The van der Waals surface area contributed by atoms with Crippen LogP contribution in [0.4, 0.5) is 11.4 Å². The third-order valence-electron chi connectivity index (χ3n) is 4.90. The van der Waals surface area contributed by atoms with E-state index in [2.05, 4.69) is 22.1 Å². The van der Waals surface area contributed by atoms with E-state index in [1.165, 1.54) is 12.4 Å². The third kappa shape index (κ3) is 6.42. The molecule has 0 fully saturated rings. The molecule has 0 saturated heterocycles. The van der Waals surface area contributed by atoms with Crippen molar-refractivity contribution in [3.63, 3.8) is 0 Å². The summed E-state index contributed by atoms with van der Waals surface area (Å²) in [6, 6.07) is 15.9. The molecule has 2 atom stereocenters. The van der Waals surface area contributed by atoms with Gasteiger partial charge in [-0.05, 0) is 67.9 Å². The number of hydrogen-bond acceptors (Lipinski definition) is 6. The van der Waals surface area contributed by atoms with E-state index < -0.39 is 24.0 Å². The molecule has 0 bridgehead atoms. The van der Waals surface area contributed by atoms with Gasteiger partial charge in [-0.25, -0.2) is 5.48 Å². The lowest BCUT2D eigenvalue weighted by atomic mass is 10.1. The molecule has 0 spiro atoms. The van der Waals surface area contributed by atoms with E-state index in [0.717, 1.165) is 10.5 Å². The van der Waals surface area contributed by atoms with Crippen molar-refractivity contribution in [1.82, 2.24) is 10.5 Å². The summed E-state index contributed by atoms with van der Waals surface area (Å²) in [6.07, 6.45) is 1.89. The van der Waals surface area contributed by atoms with Crippen LogP contribution in [0.25, 0.3) is 0 Å². The van der Waals surface area contributed by atoms with Crippen molar-refractivity contribution >= 4 is 23.2 Å². The fraction of sp³-hybridized carbons (Fsp3) is 0.154. The van der Waals surface area contributed by atoms with Crippen molar-refractivity contribution in [3.05, 3.63) is 96.7 Å². The summed E-state index contributed by atoms with van der Waals surface area (Å²) in [6.45, 7) is 6.87. The predicted molar refractivity (Wildman–Crippen MR) is 128 cm³/mol. The minimum absolute atomic E-state index is 0.174. The third-order valence-corrected chi connectivity index (χ3v) is 4.90. The van der Waals surface area contributed by atoms with E-state index in [1.807, 2.05) is 12.1 Å². The van der Waals surface area contributed by atoms with Crippen molar-refractivity contribution in [2.45, 2.75) is 19.1 Å². The number of hydrogen-bond donors (Lipinski definition) is 4. The summed E-state index contributed by atoms with van der Waals surface area (Å²) in [5.41, 5.74) is 4.62. The molecule has 4 N–H and O–H groups in total. The van der Waals surface area contributed by atoms with Crippen LogP contribution in [0.5, 0.6) is 0 Å². The first-order valence-corrected chi connectivity index (χ1v) is 10.4. The van der Waals surface area contributed by atoms with Crippen molar-refractivity contribution in [2.24, 2.45) is 0 Å². The van der Waals surface area contributed by atoms with E-state index in [-0.39, 0.29) is 6.54 Å². The zero-order valence-electron chi connectivity index (χ0n) is 18.5. The maximum absolute atomic E-state index is 13.1. The van der Waals surface area contributed by atoms with Gasteiger partial charge in [-0.2, -0.15) is 0 Å². The number of pyridine rings is 1. The maximum Gasteiger partial charge on any atom is 0.269 e. The molecule has 0 aliphatic heterocycles. The molecule has 2 radical (unpaired) electrons. The Morgan fingerprint density at radius 2 is 1.68 bits per heavy atom. The van der Waals surface area contributed by atoms with Gasteiger partial charge in [-0.1, -0.05) is 24.0 Å². The molecule has 2 amide bonds. The van der Waals surface area contributed by atoms with Crippen LogP contribution in [-0.4, -0.2) is 45.8 Å². The first-order valence-electron chi connectivity index (χ1n) is 10.4. The zero-order valence-corrected chi connectivity index (χ0v) is 18.5. The average molecular weight is 457 g/mol. The topological polar surface area (TPSA) is 115 Å². The van der Waals surface area contributed by atoms with Crippen LogP contribution in [0.2, 0.25) is 0 Å². The lowest BCUT2D eigenvalue weighted by Crippen LogP contribution is -2.55. The van der Waals surface area contributed by atoms with E-state index >= 15 is 0 Å². The van der Waals surface area contributed by atoms with Crippen LogP contribution in [0.1, 0.15) is 23.6 Å². The van der Waals surface area contributed by atoms with Gasteiger partial charge in [0.2, 0.25) is 5.91 Å². The van der Waals surface area contributed by atoms with Gasteiger partial charge in [0.25, 0.3) is 5.91 Å². The zero-order chi connectivity index (χ0) is 24.5. The second-order valence-corrected chi connectivity index (χ2v) is 7.44. The van der Waals surface area contributed by atoms with Gasteiger partial charge < -0.3 is 10.4 Å². The number of carbonyl (C=O) groups is 2. The molecule has 0 aliphatic carbocycles. The SMILES string of the molecule is [CH]c1ccc(C#Cc2ccc(N(C(=O)CNc3cccnc3)[C@H](C(=O)NO)[C@@H](C)O)cc2)cc1. The molecule has 8 nitrogen and oxygen atoms in total. The van der Waals surface area contributed by atoms with Crippen LogP contribution in [0.3, 0.4) is 0 Å². The number of rotatable bonds is 7. The molecule has 0 saturated carbocycles. The van der Waals surface area contributed by atoms with Gasteiger partial charge in [0.1, 0.15) is 6.04 Å². The fourth-order valence-electron chi connectivity index (χ4n) is 3.22. The standard InChI is InChI=1S/C26H24N4O4/c1-18-5-7-20(8-6-18)9-10-21-11-13-23(14-12-21)30(25(19(2)31)26(33)29-34)24(32)17-28-22-4-3-15-27-16-22/h1,3-8,11-16,19,25,28,31,34H,17H2,2H3,(H,29,33)/t19-,25+/m1/s1. The highest BCUT2D eigenvalue weighted by Crippen LogP contribution is 2.21. The number of aliphatic hydroxyl groups is 1. The summed E-state index contributed by atoms with van der Waals surface area (Å²) in [7, 11) is 0. The van der Waals surface area contributed by atoms with Crippen molar-refractivity contribution in [2.75, 3.05) is 16.8 Å². The number of benzene rings is 2. The fourth-order valence-corrected chi connectivity index (χ4v) is 3.22. The van der Waals surface area contributed by atoms with E-state index in [4.69, 9.17) is 6.92 Å². The number of nitrogens with one attached hydrogen (secondary N) is 2. The van der Waals surface area contributed by atoms with Crippen LogP contribution in [-0.2, 0) is 9.59 Å². The van der Waals surface area contributed by atoms with Gasteiger partial charge in [0.05, 0.1) is 18.3 Å². The summed E-state index contributed by atoms with van der Waals surface area (Å²) in [5.74, 6) is 4.63. The molecule has 2 aromatic carbocycles. The van der Waals surface area contributed by atoms with E-state index in [1.54, 1.807) is 60.9 Å². The lowest BCUT2D eigenvalue weighted by Gasteiger charge is -2.32. The first-order chi connectivity index (χ1) is 16.4. The Kier molecular flexibility index (Phi) is 8.35. The number of amides is 2. The number of aromatic nitrogens is 1. The van der Waals surface area contributed by atoms with Gasteiger partial charge in [0, 0.05) is 29.2 Å². The number of hydroxylamine groups is 1. The summed E-state index contributed by atoms with van der Waals surface area (Å²) >= 11 is 0. The van der Waals surface area contributed by atoms with Gasteiger partial charge in [-0.3, -0.25) is 24.7 Å². The highest BCUT2D eigenvalue weighted by atomic mass is 16.5. The molecule has 8 heteroatoms. The molecule has 1 aromatic heterocycles. The Bertz CT molecular complexity index is 1170. The number of anilines is 2. The van der Waals surface area contributed by atoms with Crippen molar-refractivity contribution < 1.29 is 19.9 Å². The van der Waals surface area contributed by atoms with Crippen molar-refractivity contribution in [1.29, 1.82) is 0 Å². The monoisotopic (exact) mass is 456 g/mol. The molecule has 1 heterocycles. The van der Waals surface area contributed by atoms with Crippen LogP contribution in [0, 0.1) is 18.8 Å². The Hall–Kier alpha value is -4.19. The van der Waals surface area contributed by atoms with Crippen molar-refractivity contribution in [3.8, 4) is 11.8 Å². The predicted octanol–water partition coefficient (Wildman–Crippen LogP) is 2.24. The second-order valence-electron chi connectivity index (χ2n) is 7.44. The molecular formula is C26H24N4O4. The molecule has 3 aromatic rings. The highest BCUT2D eigenvalue weighted by Gasteiger charge is 2.34. The number of nitrogens with zero attached hydrogens (tertiary/aromatic N) is 2. The normalized spacial score (nSPS) is 12.0. The van der Waals surface area contributed by atoms with Gasteiger partial charge in [0.15, 0.2) is 0 Å². The maximum atomic E-state index is 13.1. The minimum Gasteiger partial charge on any atom is -0.391 e. The molecule has 34 heavy (non-hydrogen) atoms. The minimum atomic E-state index is -1.36. The van der Waals surface area contributed by atoms with E-state index in [0.29, 0.717) is 22.5 Å². The van der Waals surface area contributed by atoms with E-state index in [9.17, 15) is 19.9 Å².